The highest BCUT2D eigenvalue weighted by Gasteiger charge is 2.19. The second-order valence-electron chi connectivity index (χ2n) is 3.54. The first kappa shape index (κ1) is 9.71. The van der Waals surface area contributed by atoms with Crippen LogP contribution >= 0.6 is 0 Å². The number of rotatable bonds is 2. The lowest BCUT2D eigenvalue weighted by Crippen LogP contribution is -2.13. The average Bonchev–Trinajstić information content (AvgIpc) is 2.30. The Kier molecular flexibility index (Phi) is 2.68. The Hall–Kier alpha value is -1.83. The fourth-order valence-electron chi connectivity index (χ4n) is 1.66. The lowest BCUT2D eigenvalue weighted by atomic mass is 9.91. The number of carbonyl (C=O) groups excluding carboxylic acids is 1. The maximum absolute atomic E-state index is 12.0. The number of Topliss-reactive ketones (excluding diaryl/α,β-unsaturated/α-hetero) is 1. The SMILES string of the molecule is O=C(c1ccccc1O)C1C=CC=CC1. The number of allylic oxidation sites excluding steroid dienone is 4. The van der Waals surface area contributed by atoms with Crippen LogP contribution in [0.2, 0.25) is 0 Å². The Morgan fingerprint density at radius 3 is 2.73 bits per heavy atom. The largest absolute Gasteiger partial charge is 0.507 e. The van der Waals surface area contributed by atoms with Gasteiger partial charge in [0.1, 0.15) is 5.75 Å². The minimum atomic E-state index is -0.136. The summed E-state index contributed by atoms with van der Waals surface area (Å²) in [5.41, 5.74) is 0.405. The molecule has 0 saturated carbocycles. The molecule has 15 heavy (non-hydrogen) atoms. The zero-order valence-corrected chi connectivity index (χ0v) is 8.26. The molecule has 76 valence electrons. The smallest absolute Gasteiger partial charge is 0.173 e. The fourth-order valence-corrected chi connectivity index (χ4v) is 1.66. The first-order valence-electron chi connectivity index (χ1n) is 4.94. The van der Waals surface area contributed by atoms with Crippen molar-refractivity contribution in [3.8, 4) is 5.75 Å². The van der Waals surface area contributed by atoms with Gasteiger partial charge in [0.15, 0.2) is 5.78 Å². The maximum atomic E-state index is 12.0. The van der Waals surface area contributed by atoms with Crippen molar-refractivity contribution in [3.05, 3.63) is 54.1 Å². The molecule has 1 unspecified atom stereocenters. The first-order valence-corrected chi connectivity index (χ1v) is 4.94. The maximum Gasteiger partial charge on any atom is 0.173 e. The van der Waals surface area contributed by atoms with Gasteiger partial charge in [-0.15, -0.1) is 0 Å². The number of carbonyl (C=O) groups is 1. The number of hydrogen-bond donors (Lipinski definition) is 1. The predicted molar refractivity (Wildman–Crippen MR) is 58.8 cm³/mol. The molecule has 2 rings (SSSR count). The number of benzene rings is 1. The molecule has 1 atom stereocenters. The van der Waals surface area contributed by atoms with E-state index in [9.17, 15) is 9.90 Å². The molecule has 0 radical (unpaired) electrons. The van der Waals surface area contributed by atoms with Gasteiger partial charge >= 0.3 is 0 Å². The van der Waals surface area contributed by atoms with Crippen LogP contribution in [0, 0.1) is 5.92 Å². The summed E-state index contributed by atoms with van der Waals surface area (Å²) in [5, 5.41) is 9.55. The van der Waals surface area contributed by atoms with Crippen LogP contribution in [0.25, 0.3) is 0 Å². The van der Waals surface area contributed by atoms with E-state index in [1.54, 1.807) is 18.2 Å². The van der Waals surface area contributed by atoms with Gasteiger partial charge in [-0.2, -0.15) is 0 Å². The van der Waals surface area contributed by atoms with Gasteiger partial charge in [-0.1, -0.05) is 36.4 Å². The van der Waals surface area contributed by atoms with Crippen molar-refractivity contribution >= 4 is 5.78 Å². The summed E-state index contributed by atoms with van der Waals surface area (Å²) in [7, 11) is 0. The number of hydrogen-bond acceptors (Lipinski definition) is 2. The summed E-state index contributed by atoms with van der Waals surface area (Å²) in [5.74, 6) is -0.0950. The van der Waals surface area contributed by atoms with Crippen LogP contribution in [0.3, 0.4) is 0 Å². The number of para-hydroxylation sites is 1. The van der Waals surface area contributed by atoms with E-state index in [1.165, 1.54) is 6.07 Å². The molecule has 1 aliphatic rings. The molecule has 0 aliphatic heterocycles. The highest BCUT2D eigenvalue weighted by molar-refractivity contribution is 6.01. The van der Waals surface area contributed by atoms with Crippen molar-refractivity contribution in [2.45, 2.75) is 6.42 Å². The quantitative estimate of drug-likeness (QED) is 0.745. The topological polar surface area (TPSA) is 37.3 Å². The summed E-state index contributed by atoms with van der Waals surface area (Å²) >= 11 is 0. The highest BCUT2D eigenvalue weighted by atomic mass is 16.3. The van der Waals surface area contributed by atoms with Gasteiger partial charge in [-0.3, -0.25) is 4.79 Å². The van der Waals surface area contributed by atoms with Gasteiger partial charge in [-0.05, 0) is 18.6 Å². The standard InChI is InChI=1S/C13H12O2/c14-12-9-5-4-8-11(12)13(15)10-6-2-1-3-7-10/h1-6,8-10,14H,7H2. The predicted octanol–water partition coefficient (Wildman–Crippen LogP) is 2.71. The van der Waals surface area contributed by atoms with Crippen LogP contribution in [-0.2, 0) is 0 Å². The monoisotopic (exact) mass is 200 g/mol. The van der Waals surface area contributed by atoms with Crippen LogP contribution in [-0.4, -0.2) is 10.9 Å². The van der Waals surface area contributed by atoms with Crippen LogP contribution in [0.4, 0.5) is 0 Å². The molecule has 2 nitrogen and oxygen atoms in total. The van der Waals surface area contributed by atoms with E-state index < -0.39 is 0 Å². The third-order valence-electron chi connectivity index (χ3n) is 2.49. The van der Waals surface area contributed by atoms with E-state index in [-0.39, 0.29) is 17.5 Å². The van der Waals surface area contributed by atoms with E-state index in [0.717, 1.165) is 0 Å². The molecule has 0 fully saturated rings. The Morgan fingerprint density at radius 2 is 2.07 bits per heavy atom. The van der Waals surface area contributed by atoms with Crippen molar-refractivity contribution < 1.29 is 9.90 Å². The number of phenols is 1. The molecule has 2 heteroatoms. The minimum Gasteiger partial charge on any atom is -0.507 e. The third kappa shape index (κ3) is 1.99. The van der Waals surface area contributed by atoms with E-state index in [2.05, 4.69) is 0 Å². The lowest BCUT2D eigenvalue weighted by Gasteiger charge is -2.12. The summed E-state index contributed by atoms with van der Waals surface area (Å²) in [4.78, 5) is 12.0. The molecular weight excluding hydrogens is 188 g/mol. The van der Waals surface area contributed by atoms with Crippen LogP contribution in [0.15, 0.2) is 48.6 Å². The van der Waals surface area contributed by atoms with Gasteiger partial charge < -0.3 is 5.11 Å². The fraction of sp³-hybridized carbons (Fsp3) is 0.154. The van der Waals surface area contributed by atoms with Crippen molar-refractivity contribution in [2.75, 3.05) is 0 Å². The Labute approximate surface area is 88.6 Å². The van der Waals surface area contributed by atoms with Crippen molar-refractivity contribution in [2.24, 2.45) is 5.92 Å². The molecule has 0 saturated heterocycles. The summed E-state index contributed by atoms with van der Waals surface area (Å²) in [6.45, 7) is 0. The normalized spacial score (nSPS) is 19.1. The molecule has 0 bridgehead atoms. The average molecular weight is 200 g/mol. The molecule has 1 N–H and O–H groups in total. The van der Waals surface area contributed by atoms with Gasteiger partial charge in [-0.25, -0.2) is 0 Å². The summed E-state index contributed by atoms with van der Waals surface area (Å²) in [6.07, 6.45) is 8.34. The lowest BCUT2D eigenvalue weighted by molar-refractivity contribution is 0.0943. The van der Waals surface area contributed by atoms with E-state index in [4.69, 9.17) is 0 Å². The van der Waals surface area contributed by atoms with E-state index >= 15 is 0 Å². The molecule has 1 aromatic carbocycles. The minimum absolute atomic E-state index is 0.0197. The van der Waals surface area contributed by atoms with Gasteiger partial charge in [0.2, 0.25) is 0 Å². The Balaban J connectivity index is 2.25. The van der Waals surface area contributed by atoms with Crippen LogP contribution in [0.5, 0.6) is 5.75 Å². The second kappa shape index (κ2) is 4.13. The number of phenolic OH excluding ortho intramolecular Hbond substituents is 1. The molecule has 1 aliphatic carbocycles. The highest BCUT2D eigenvalue weighted by Crippen LogP contribution is 2.23. The first-order chi connectivity index (χ1) is 7.29. The molecule has 0 aromatic heterocycles. The van der Waals surface area contributed by atoms with Crippen molar-refractivity contribution in [1.29, 1.82) is 0 Å². The second-order valence-corrected chi connectivity index (χ2v) is 3.54. The Bertz CT molecular complexity index is 430. The summed E-state index contributed by atoms with van der Waals surface area (Å²) in [6, 6.07) is 6.66. The molecular formula is C13H12O2. The zero-order chi connectivity index (χ0) is 10.7. The molecule has 0 spiro atoms. The third-order valence-corrected chi connectivity index (χ3v) is 2.49. The Morgan fingerprint density at radius 1 is 1.27 bits per heavy atom. The van der Waals surface area contributed by atoms with Crippen LogP contribution in [0.1, 0.15) is 16.8 Å². The number of aromatic hydroxyl groups is 1. The number of ketones is 1. The van der Waals surface area contributed by atoms with Gasteiger partial charge in [0.25, 0.3) is 0 Å². The van der Waals surface area contributed by atoms with E-state index in [0.29, 0.717) is 12.0 Å². The van der Waals surface area contributed by atoms with Crippen LogP contribution < -0.4 is 0 Å². The van der Waals surface area contributed by atoms with Gasteiger partial charge in [0, 0.05) is 5.92 Å². The molecule has 0 heterocycles. The van der Waals surface area contributed by atoms with E-state index in [1.807, 2.05) is 24.3 Å². The van der Waals surface area contributed by atoms with Crippen molar-refractivity contribution in [3.63, 3.8) is 0 Å². The molecule has 0 amide bonds. The molecule has 1 aromatic rings. The zero-order valence-electron chi connectivity index (χ0n) is 8.26. The van der Waals surface area contributed by atoms with Gasteiger partial charge in [0.05, 0.1) is 5.56 Å². The van der Waals surface area contributed by atoms with Crippen molar-refractivity contribution in [1.82, 2.24) is 0 Å². The summed E-state index contributed by atoms with van der Waals surface area (Å²) < 4.78 is 0.